The number of methoxy groups -OCH3 is 1. The third-order valence-corrected chi connectivity index (χ3v) is 4.37. The number of hydrogen-bond donors (Lipinski definition) is 1. The van der Waals surface area contributed by atoms with Crippen LogP contribution in [-0.2, 0) is 7.05 Å². The van der Waals surface area contributed by atoms with Gasteiger partial charge in [-0.25, -0.2) is 0 Å². The smallest absolute Gasteiger partial charge is 0.269 e. The summed E-state index contributed by atoms with van der Waals surface area (Å²) >= 11 is 1.41. The molecule has 118 valence electrons. The second kappa shape index (κ2) is 6.21. The number of anilines is 1. The molecule has 1 amide bonds. The Morgan fingerprint density at radius 3 is 2.87 bits per heavy atom. The Hall–Kier alpha value is -2.67. The van der Waals surface area contributed by atoms with Crippen molar-refractivity contribution in [1.82, 2.24) is 14.8 Å². The van der Waals surface area contributed by atoms with Gasteiger partial charge >= 0.3 is 0 Å². The first-order valence-electron chi connectivity index (χ1n) is 6.98. The molecule has 6 nitrogen and oxygen atoms in total. The van der Waals surface area contributed by atoms with E-state index in [4.69, 9.17) is 4.74 Å². The Kier molecular flexibility index (Phi) is 4.12. The molecule has 0 aliphatic rings. The zero-order valence-electron chi connectivity index (χ0n) is 13.0. The van der Waals surface area contributed by atoms with Crippen LogP contribution in [0.2, 0.25) is 0 Å². The van der Waals surface area contributed by atoms with Crippen LogP contribution in [0.15, 0.2) is 36.7 Å². The highest BCUT2D eigenvalue weighted by molar-refractivity contribution is 7.14. The number of rotatable bonds is 4. The summed E-state index contributed by atoms with van der Waals surface area (Å²) < 4.78 is 7.08. The lowest BCUT2D eigenvalue weighted by atomic mass is 10.2. The molecule has 2 aromatic heterocycles. The standard InChI is InChI=1S/C16H16N4O2S/c1-10-7-13(22-3)14(23-10)16(21)18-12-6-4-5-11(8-12)15-19-17-9-20(15)2/h4-9H,1-3H3,(H,18,21). The molecular formula is C16H16N4O2S. The van der Waals surface area contributed by atoms with Crippen LogP contribution >= 0.6 is 11.3 Å². The summed E-state index contributed by atoms with van der Waals surface area (Å²) in [5.74, 6) is 1.15. The number of nitrogens with zero attached hydrogens (tertiary/aromatic N) is 3. The van der Waals surface area contributed by atoms with Gasteiger partial charge in [0.1, 0.15) is 17.0 Å². The summed E-state index contributed by atoms with van der Waals surface area (Å²) in [7, 11) is 3.44. The van der Waals surface area contributed by atoms with E-state index >= 15 is 0 Å². The van der Waals surface area contributed by atoms with E-state index in [1.807, 2.05) is 48.9 Å². The Morgan fingerprint density at radius 2 is 2.17 bits per heavy atom. The van der Waals surface area contributed by atoms with Gasteiger partial charge in [0.15, 0.2) is 5.82 Å². The maximum absolute atomic E-state index is 12.5. The van der Waals surface area contributed by atoms with E-state index in [0.29, 0.717) is 16.3 Å². The quantitative estimate of drug-likeness (QED) is 0.799. The van der Waals surface area contributed by atoms with E-state index in [2.05, 4.69) is 15.5 Å². The van der Waals surface area contributed by atoms with E-state index in [-0.39, 0.29) is 5.91 Å². The predicted molar refractivity (Wildman–Crippen MR) is 90.0 cm³/mol. The average molecular weight is 328 g/mol. The van der Waals surface area contributed by atoms with Crippen molar-refractivity contribution in [3.63, 3.8) is 0 Å². The number of nitrogens with one attached hydrogen (secondary N) is 1. The normalized spacial score (nSPS) is 10.6. The zero-order valence-corrected chi connectivity index (χ0v) is 13.8. The fourth-order valence-corrected chi connectivity index (χ4v) is 3.14. The monoisotopic (exact) mass is 328 g/mol. The van der Waals surface area contributed by atoms with Crippen molar-refractivity contribution in [3.8, 4) is 17.1 Å². The van der Waals surface area contributed by atoms with Crippen molar-refractivity contribution in [1.29, 1.82) is 0 Å². The summed E-state index contributed by atoms with van der Waals surface area (Å²) in [6.45, 7) is 1.94. The number of hydrogen-bond acceptors (Lipinski definition) is 5. The molecule has 0 aliphatic heterocycles. The van der Waals surface area contributed by atoms with Gasteiger partial charge in [-0.1, -0.05) is 12.1 Å². The highest BCUT2D eigenvalue weighted by Gasteiger charge is 2.16. The molecule has 3 rings (SSSR count). The van der Waals surface area contributed by atoms with Crippen molar-refractivity contribution >= 4 is 22.9 Å². The summed E-state index contributed by atoms with van der Waals surface area (Å²) in [4.78, 5) is 14.0. The van der Waals surface area contributed by atoms with Crippen LogP contribution < -0.4 is 10.1 Å². The molecule has 1 aromatic carbocycles. The molecule has 2 heterocycles. The first-order chi connectivity index (χ1) is 11.1. The molecule has 0 aliphatic carbocycles. The lowest BCUT2D eigenvalue weighted by Crippen LogP contribution is -2.11. The van der Waals surface area contributed by atoms with Crippen LogP contribution in [0.5, 0.6) is 5.75 Å². The number of aryl methyl sites for hydroxylation is 2. The minimum atomic E-state index is -0.185. The fourth-order valence-electron chi connectivity index (χ4n) is 2.27. The number of thiophene rings is 1. The summed E-state index contributed by atoms with van der Waals surface area (Å²) in [5.41, 5.74) is 1.58. The van der Waals surface area contributed by atoms with E-state index in [1.165, 1.54) is 11.3 Å². The van der Waals surface area contributed by atoms with Crippen LogP contribution in [0, 0.1) is 6.92 Å². The second-order valence-electron chi connectivity index (χ2n) is 5.05. The first kappa shape index (κ1) is 15.2. The molecule has 0 atom stereocenters. The Morgan fingerprint density at radius 1 is 1.35 bits per heavy atom. The third-order valence-electron chi connectivity index (χ3n) is 3.34. The molecule has 1 N–H and O–H groups in total. The summed E-state index contributed by atoms with van der Waals surface area (Å²) in [6, 6.07) is 9.36. The summed E-state index contributed by atoms with van der Waals surface area (Å²) in [6.07, 6.45) is 1.64. The average Bonchev–Trinajstić information content (AvgIpc) is 3.13. The second-order valence-corrected chi connectivity index (χ2v) is 6.31. The van der Waals surface area contributed by atoms with Gasteiger partial charge < -0.3 is 14.6 Å². The molecule has 23 heavy (non-hydrogen) atoms. The van der Waals surface area contributed by atoms with Gasteiger partial charge in [-0.15, -0.1) is 21.5 Å². The van der Waals surface area contributed by atoms with E-state index in [1.54, 1.807) is 13.4 Å². The molecule has 0 spiro atoms. The third kappa shape index (κ3) is 3.09. The SMILES string of the molecule is COc1cc(C)sc1C(=O)Nc1cccc(-c2nncn2C)c1. The molecule has 0 unspecified atom stereocenters. The van der Waals surface area contributed by atoms with Gasteiger partial charge in [0.2, 0.25) is 0 Å². The minimum absolute atomic E-state index is 0.185. The van der Waals surface area contributed by atoms with Gasteiger partial charge in [-0.2, -0.15) is 0 Å². The van der Waals surface area contributed by atoms with Gasteiger partial charge in [0, 0.05) is 23.2 Å². The van der Waals surface area contributed by atoms with Crippen LogP contribution in [0.3, 0.4) is 0 Å². The van der Waals surface area contributed by atoms with Crippen LogP contribution in [0.25, 0.3) is 11.4 Å². The first-order valence-corrected chi connectivity index (χ1v) is 7.80. The number of amides is 1. The molecule has 0 bridgehead atoms. The van der Waals surface area contributed by atoms with Crippen LogP contribution in [0.4, 0.5) is 5.69 Å². The van der Waals surface area contributed by atoms with Crippen LogP contribution in [0.1, 0.15) is 14.5 Å². The van der Waals surface area contributed by atoms with Gasteiger partial charge in [0.05, 0.1) is 7.11 Å². The maximum Gasteiger partial charge on any atom is 0.269 e. The molecule has 0 saturated carbocycles. The molecule has 0 fully saturated rings. The van der Waals surface area contributed by atoms with E-state index in [0.717, 1.165) is 16.3 Å². The molecule has 0 saturated heterocycles. The highest BCUT2D eigenvalue weighted by atomic mass is 32.1. The van der Waals surface area contributed by atoms with Crippen molar-refractivity contribution in [2.24, 2.45) is 7.05 Å². The molecular weight excluding hydrogens is 312 g/mol. The minimum Gasteiger partial charge on any atom is -0.495 e. The summed E-state index contributed by atoms with van der Waals surface area (Å²) in [5, 5.41) is 10.9. The van der Waals surface area contributed by atoms with Crippen molar-refractivity contribution in [2.45, 2.75) is 6.92 Å². The Labute approximate surface area is 137 Å². The highest BCUT2D eigenvalue weighted by Crippen LogP contribution is 2.29. The Balaban J connectivity index is 1.86. The molecule has 7 heteroatoms. The van der Waals surface area contributed by atoms with E-state index < -0.39 is 0 Å². The molecule has 3 aromatic rings. The van der Waals surface area contributed by atoms with Crippen molar-refractivity contribution in [2.75, 3.05) is 12.4 Å². The number of carbonyl (C=O) groups is 1. The Bertz CT molecular complexity index is 853. The van der Waals surface area contributed by atoms with Crippen molar-refractivity contribution in [3.05, 3.63) is 46.4 Å². The largest absolute Gasteiger partial charge is 0.495 e. The lowest BCUT2D eigenvalue weighted by Gasteiger charge is -2.07. The number of aromatic nitrogens is 3. The van der Waals surface area contributed by atoms with Gasteiger partial charge in [0.25, 0.3) is 5.91 Å². The number of carbonyl (C=O) groups excluding carboxylic acids is 1. The number of ether oxygens (including phenoxy) is 1. The zero-order chi connectivity index (χ0) is 16.4. The fraction of sp³-hybridized carbons (Fsp3) is 0.188. The van der Waals surface area contributed by atoms with Crippen LogP contribution in [-0.4, -0.2) is 27.8 Å². The topological polar surface area (TPSA) is 69.0 Å². The lowest BCUT2D eigenvalue weighted by molar-refractivity contribution is 0.102. The van der Waals surface area contributed by atoms with Gasteiger partial charge in [-0.3, -0.25) is 4.79 Å². The number of benzene rings is 1. The van der Waals surface area contributed by atoms with Crippen molar-refractivity contribution < 1.29 is 9.53 Å². The molecule has 0 radical (unpaired) electrons. The predicted octanol–water partition coefficient (Wildman–Crippen LogP) is 3.11. The van der Waals surface area contributed by atoms with E-state index in [9.17, 15) is 4.79 Å². The van der Waals surface area contributed by atoms with Gasteiger partial charge in [-0.05, 0) is 25.1 Å². The maximum atomic E-state index is 12.5.